The second-order valence-corrected chi connectivity index (χ2v) is 9.64. The van der Waals surface area contributed by atoms with Crippen molar-refractivity contribution in [3.05, 3.63) is 0 Å². The number of carbonyl (C=O) groups excluding carboxylic acids is 1. The minimum absolute atomic E-state index is 0.0425. The number of ether oxygens (including phenoxy) is 1. The van der Waals surface area contributed by atoms with Gasteiger partial charge in [0.05, 0.1) is 24.2 Å². The molecule has 2 rings (SSSR count). The van der Waals surface area contributed by atoms with Gasteiger partial charge in [-0.05, 0) is 39.5 Å². The lowest BCUT2D eigenvalue weighted by Gasteiger charge is -2.32. The van der Waals surface area contributed by atoms with E-state index in [1.807, 2.05) is 25.7 Å². The van der Waals surface area contributed by atoms with E-state index < -0.39 is 9.84 Å². The Bertz CT molecular complexity index is 512. The molecule has 0 aromatic rings. The Kier molecular flexibility index (Phi) is 6.08. The number of amides is 1. The van der Waals surface area contributed by atoms with Gasteiger partial charge in [0.25, 0.3) is 0 Å². The summed E-state index contributed by atoms with van der Waals surface area (Å²) in [4.78, 5) is 14.4. The zero-order chi connectivity index (χ0) is 17.1. The lowest BCUT2D eigenvalue weighted by Crippen LogP contribution is -2.51. The fraction of sp³-hybridized carbons (Fsp3) is 0.938. The molecule has 0 bridgehead atoms. The molecule has 2 fully saturated rings. The van der Waals surface area contributed by atoms with Crippen LogP contribution in [0.15, 0.2) is 0 Å². The monoisotopic (exact) mass is 346 g/mol. The molecule has 2 aliphatic heterocycles. The van der Waals surface area contributed by atoms with Gasteiger partial charge in [-0.2, -0.15) is 0 Å². The van der Waals surface area contributed by atoms with Crippen molar-refractivity contribution < 1.29 is 17.9 Å². The summed E-state index contributed by atoms with van der Waals surface area (Å²) in [6, 6.07) is -0.0697. The molecular weight excluding hydrogens is 316 g/mol. The number of sulfone groups is 1. The maximum atomic E-state index is 12.4. The molecule has 2 heterocycles. The fourth-order valence-corrected chi connectivity index (χ4v) is 4.91. The zero-order valence-electron chi connectivity index (χ0n) is 14.5. The molecule has 134 valence electrons. The molecule has 1 amide bonds. The van der Waals surface area contributed by atoms with Crippen LogP contribution in [0.1, 0.15) is 46.5 Å². The molecule has 0 unspecified atom stereocenters. The van der Waals surface area contributed by atoms with Crippen molar-refractivity contribution in [1.29, 1.82) is 0 Å². The topological polar surface area (TPSA) is 75.7 Å². The molecule has 1 N–H and O–H groups in total. The molecule has 0 aromatic carbocycles. The van der Waals surface area contributed by atoms with Crippen molar-refractivity contribution in [2.45, 2.75) is 64.1 Å². The number of nitrogens with zero attached hydrogens (tertiary/aromatic N) is 1. The lowest BCUT2D eigenvalue weighted by molar-refractivity contribution is -0.124. The van der Waals surface area contributed by atoms with Gasteiger partial charge in [-0.15, -0.1) is 0 Å². The second-order valence-electron chi connectivity index (χ2n) is 7.41. The van der Waals surface area contributed by atoms with E-state index in [-0.39, 0.29) is 41.6 Å². The van der Waals surface area contributed by atoms with Crippen LogP contribution in [0.2, 0.25) is 0 Å². The van der Waals surface area contributed by atoms with Crippen molar-refractivity contribution >= 4 is 15.7 Å². The van der Waals surface area contributed by atoms with Crippen molar-refractivity contribution in [3.63, 3.8) is 0 Å². The number of rotatable bonds is 7. The van der Waals surface area contributed by atoms with E-state index in [1.54, 1.807) is 0 Å². The first kappa shape index (κ1) is 18.7. The number of hydrogen-bond donors (Lipinski definition) is 1. The molecule has 6 nitrogen and oxygen atoms in total. The Hall–Kier alpha value is -0.660. The maximum Gasteiger partial charge on any atom is 0.234 e. The molecule has 2 atom stereocenters. The first-order valence-corrected chi connectivity index (χ1v) is 10.4. The first-order valence-electron chi connectivity index (χ1n) is 8.58. The Morgan fingerprint density at radius 1 is 1.35 bits per heavy atom. The zero-order valence-corrected chi connectivity index (χ0v) is 15.3. The van der Waals surface area contributed by atoms with Crippen LogP contribution in [0.25, 0.3) is 0 Å². The summed E-state index contributed by atoms with van der Waals surface area (Å²) >= 11 is 0. The molecule has 0 aromatic heterocycles. The predicted octanol–water partition coefficient (Wildman–Crippen LogP) is 0.959. The van der Waals surface area contributed by atoms with E-state index in [0.29, 0.717) is 13.0 Å². The van der Waals surface area contributed by atoms with E-state index in [1.165, 1.54) is 0 Å². The summed E-state index contributed by atoms with van der Waals surface area (Å²) in [6.07, 6.45) is 3.60. The van der Waals surface area contributed by atoms with Crippen LogP contribution in [0.4, 0.5) is 0 Å². The van der Waals surface area contributed by atoms with Gasteiger partial charge >= 0.3 is 0 Å². The minimum Gasteiger partial charge on any atom is -0.377 e. The molecule has 23 heavy (non-hydrogen) atoms. The smallest absolute Gasteiger partial charge is 0.234 e. The van der Waals surface area contributed by atoms with Gasteiger partial charge in [-0.25, -0.2) is 8.42 Å². The summed E-state index contributed by atoms with van der Waals surface area (Å²) < 4.78 is 29.2. The van der Waals surface area contributed by atoms with Gasteiger partial charge in [0.1, 0.15) is 0 Å². The normalized spacial score (nSPS) is 27.5. The van der Waals surface area contributed by atoms with E-state index in [4.69, 9.17) is 4.74 Å². The second kappa shape index (κ2) is 7.49. The molecule has 0 radical (unpaired) electrons. The molecular formula is C16H30N2O4S. The third-order valence-corrected chi connectivity index (χ3v) is 6.65. The quantitative estimate of drug-likeness (QED) is 0.743. The van der Waals surface area contributed by atoms with Crippen molar-refractivity contribution in [2.24, 2.45) is 0 Å². The third-order valence-electron chi connectivity index (χ3n) is 4.90. The predicted molar refractivity (Wildman–Crippen MR) is 90.1 cm³/mol. The van der Waals surface area contributed by atoms with Crippen LogP contribution < -0.4 is 5.32 Å². The van der Waals surface area contributed by atoms with E-state index in [2.05, 4.69) is 5.32 Å². The average Bonchev–Trinajstić information content (AvgIpc) is 3.06. The van der Waals surface area contributed by atoms with Gasteiger partial charge in [0.15, 0.2) is 9.84 Å². The number of hydrogen-bond acceptors (Lipinski definition) is 5. The van der Waals surface area contributed by atoms with Gasteiger partial charge in [0.2, 0.25) is 5.91 Å². The van der Waals surface area contributed by atoms with Crippen molar-refractivity contribution in [3.8, 4) is 0 Å². The summed E-state index contributed by atoms with van der Waals surface area (Å²) in [5.74, 6) is 0.338. The van der Waals surface area contributed by atoms with E-state index in [9.17, 15) is 13.2 Å². The summed E-state index contributed by atoms with van der Waals surface area (Å²) in [5, 5.41) is 3.03. The minimum atomic E-state index is -2.96. The standard InChI is InChI=1S/C16H30N2O4S/c1-4-16(2,3)17-15(19)11-18(10-14-6-5-8-22-14)13-7-9-23(20,21)12-13/h13-14H,4-12H2,1-3H3,(H,17,19)/t13-,14-/m0/s1. The Morgan fingerprint density at radius 2 is 2.09 bits per heavy atom. The highest BCUT2D eigenvalue weighted by molar-refractivity contribution is 7.91. The third kappa shape index (κ3) is 5.72. The Morgan fingerprint density at radius 3 is 2.61 bits per heavy atom. The van der Waals surface area contributed by atoms with Crippen LogP contribution >= 0.6 is 0 Å². The number of carbonyl (C=O) groups is 1. The Balaban J connectivity index is 1.99. The molecule has 0 aliphatic carbocycles. The highest BCUT2D eigenvalue weighted by Gasteiger charge is 2.35. The van der Waals surface area contributed by atoms with Crippen molar-refractivity contribution in [1.82, 2.24) is 10.2 Å². The van der Waals surface area contributed by atoms with Crippen LogP contribution in [-0.2, 0) is 19.4 Å². The van der Waals surface area contributed by atoms with Gasteiger partial charge < -0.3 is 10.1 Å². The van der Waals surface area contributed by atoms with E-state index >= 15 is 0 Å². The van der Waals surface area contributed by atoms with Crippen molar-refractivity contribution in [2.75, 3.05) is 31.2 Å². The average molecular weight is 346 g/mol. The van der Waals surface area contributed by atoms with Gasteiger partial charge in [0, 0.05) is 24.7 Å². The highest BCUT2D eigenvalue weighted by Crippen LogP contribution is 2.21. The Labute approximate surface area is 139 Å². The molecule has 0 spiro atoms. The van der Waals surface area contributed by atoms with Crippen LogP contribution in [0.3, 0.4) is 0 Å². The van der Waals surface area contributed by atoms with Crippen LogP contribution in [-0.4, -0.2) is 68.1 Å². The fourth-order valence-electron chi connectivity index (χ4n) is 3.15. The summed E-state index contributed by atoms with van der Waals surface area (Å²) in [7, 11) is -2.96. The molecule has 0 saturated carbocycles. The first-order chi connectivity index (χ1) is 10.7. The summed E-state index contributed by atoms with van der Waals surface area (Å²) in [5.41, 5.74) is -0.242. The van der Waals surface area contributed by atoms with Gasteiger partial charge in [-0.3, -0.25) is 9.69 Å². The summed E-state index contributed by atoms with van der Waals surface area (Å²) in [6.45, 7) is 7.67. The number of nitrogens with one attached hydrogen (secondary N) is 1. The molecule has 2 saturated heterocycles. The van der Waals surface area contributed by atoms with Crippen LogP contribution in [0.5, 0.6) is 0 Å². The lowest BCUT2D eigenvalue weighted by atomic mass is 10.0. The van der Waals surface area contributed by atoms with Crippen LogP contribution in [0, 0.1) is 0 Å². The van der Waals surface area contributed by atoms with E-state index in [0.717, 1.165) is 25.9 Å². The largest absolute Gasteiger partial charge is 0.377 e. The van der Waals surface area contributed by atoms with Gasteiger partial charge in [-0.1, -0.05) is 6.92 Å². The molecule has 7 heteroatoms. The maximum absolute atomic E-state index is 12.4. The molecule has 2 aliphatic rings. The SMILES string of the molecule is CCC(C)(C)NC(=O)CN(C[C@@H]1CCCO1)[C@H]1CCS(=O)(=O)C1. The highest BCUT2D eigenvalue weighted by atomic mass is 32.2.